The van der Waals surface area contributed by atoms with Crippen molar-refractivity contribution >= 4 is 185 Å². The van der Waals surface area contributed by atoms with Crippen molar-refractivity contribution in [3.63, 3.8) is 0 Å². The van der Waals surface area contributed by atoms with E-state index in [1.54, 1.807) is 0 Å². The van der Waals surface area contributed by atoms with E-state index in [4.69, 9.17) is 0 Å². The van der Waals surface area contributed by atoms with E-state index in [0.29, 0.717) is 25.9 Å². The van der Waals surface area contributed by atoms with Crippen LogP contribution in [0.15, 0.2) is 60.4 Å². The third-order valence-electron chi connectivity index (χ3n) is 22.6. The van der Waals surface area contributed by atoms with Crippen LogP contribution in [0.1, 0.15) is 102 Å². The fourth-order valence-electron chi connectivity index (χ4n) is 16.7. The van der Waals surface area contributed by atoms with Crippen molar-refractivity contribution in [2.45, 2.75) is 102 Å². The zero-order valence-electron chi connectivity index (χ0n) is 54.4. The predicted molar refractivity (Wildman–Crippen MR) is 419 cm³/mol. The molecule has 8 aliphatic rings. The number of benzene rings is 2. The van der Waals surface area contributed by atoms with Gasteiger partial charge in [0.25, 0.3) is 0 Å². The first-order valence-corrected chi connectivity index (χ1v) is 43.6. The van der Waals surface area contributed by atoms with Crippen molar-refractivity contribution < 1.29 is 58.0 Å². The van der Waals surface area contributed by atoms with Gasteiger partial charge in [0.1, 0.15) is 58.9 Å². The number of piperazine rings is 6. The highest BCUT2D eigenvalue weighted by molar-refractivity contribution is 14.1. The molecule has 0 saturated carbocycles. The Labute approximate surface area is 636 Å². The average molecular weight is 2000 g/mol. The Hall–Kier alpha value is -0.230. The van der Waals surface area contributed by atoms with Crippen molar-refractivity contribution in [3.05, 3.63) is 92.9 Å². The lowest BCUT2D eigenvalue weighted by Gasteiger charge is -2.53. The molecule has 18 nitrogen and oxygen atoms in total. The highest BCUT2D eigenvalue weighted by atomic mass is 127. The van der Waals surface area contributed by atoms with E-state index in [2.05, 4.69) is 204 Å². The molecule has 2 N–H and O–H groups in total. The Morgan fingerprint density at radius 1 is 0.527 bits per heavy atom. The summed E-state index contributed by atoms with van der Waals surface area (Å²) in [4.78, 5) is 34.0. The van der Waals surface area contributed by atoms with E-state index < -0.39 is 42.6 Å². The Bertz CT molecular complexity index is 3450. The molecule has 0 aromatic heterocycles. The number of carbonyl (C=O) groups is 2. The van der Waals surface area contributed by atoms with Gasteiger partial charge in [-0.15, -0.1) is 0 Å². The molecule has 2 aromatic carbocycles. The summed E-state index contributed by atoms with van der Waals surface area (Å²) in [5, 5.41) is 7.08. The molecule has 2 unspecified atom stereocenters. The lowest BCUT2D eigenvalue weighted by molar-refractivity contribution is -1.03. The van der Waals surface area contributed by atoms with Crippen LogP contribution < -0.4 is 15.5 Å². The molecule has 2 atom stereocenters. The number of allylic oxidation sites excluding steroid dienone is 8. The Morgan fingerprint density at radius 2 is 0.957 bits per heavy atom. The van der Waals surface area contributed by atoms with Gasteiger partial charge >= 0.3 is 0 Å². The van der Waals surface area contributed by atoms with Crippen LogP contribution in [0, 0.1) is 21.4 Å². The zero-order valence-corrected chi connectivity index (χ0v) is 69.0. The monoisotopic (exact) mass is 2000 g/mol. The lowest BCUT2D eigenvalue weighted by atomic mass is 9.75. The minimum Gasteiger partial charge on any atom is -0.748 e. The summed E-state index contributed by atoms with van der Waals surface area (Å²) in [6.45, 7) is 32.3. The van der Waals surface area contributed by atoms with E-state index in [1.165, 1.54) is 106 Å². The van der Waals surface area contributed by atoms with Crippen LogP contribution in [-0.4, -0.2) is 257 Å². The second-order valence-corrected chi connectivity index (χ2v) is 38.0. The predicted octanol–water partition coefficient (Wildman–Crippen LogP) is 8.96. The van der Waals surface area contributed by atoms with Crippen LogP contribution in [0.2, 0.25) is 0 Å². The molecule has 8 aliphatic heterocycles. The van der Waals surface area contributed by atoms with Gasteiger partial charge < -0.3 is 52.4 Å². The number of quaternary nitrogens is 4. The average Bonchev–Trinajstić information content (AvgIpc) is 1.59. The number of unbranched alkanes of at least 4 members (excludes halogenated alkanes) is 4. The quantitative estimate of drug-likeness (QED) is 0.0195. The van der Waals surface area contributed by atoms with Gasteiger partial charge in [-0.3, -0.25) is 9.59 Å². The molecular formula is C67H97I6N10O8S2+3. The SMILES string of the molecule is CC1(CCCCCC(=O)N2CC[N+]3(CC2)CC[N+]2(CCNCC2)CC3)C(/C=C/C=C/C=C/C=C2\N(CCCS(=O)(=O)[O-])c3cc(I)c(I)c(I)c3C2(C)CCCCCC(=O)N2CC[N+]3(CC2)CC[N+]2(CCNCC2)CC3)=[N+](CCCS(=O)(=O)[O-])c2cc(I)c(I)c(I)c21. The second-order valence-electron chi connectivity index (χ2n) is 28.4. The van der Waals surface area contributed by atoms with Crippen molar-refractivity contribution in [1.29, 1.82) is 0 Å². The molecule has 4 spiro atoms. The van der Waals surface area contributed by atoms with Crippen LogP contribution >= 0.6 is 136 Å². The minimum absolute atomic E-state index is 0.183. The van der Waals surface area contributed by atoms with Crippen LogP contribution in [0.5, 0.6) is 0 Å². The molecule has 93 heavy (non-hydrogen) atoms. The fourth-order valence-corrected chi connectivity index (χ4v) is 23.0. The maximum absolute atomic E-state index is 13.7. The van der Waals surface area contributed by atoms with Gasteiger partial charge in [0.05, 0.1) is 110 Å². The van der Waals surface area contributed by atoms with Crippen molar-refractivity contribution in [2.24, 2.45) is 0 Å². The van der Waals surface area contributed by atoms with E-state index in [-0.39, 0.29) is 24.7 Å². The van der Waals surface area contributed by atoms with E-state index in [0.717, 1.165) is 176 Å². The number of nitrogens with zero attached hydrogens (tertiary/aromatic N) is 8. The number of halogens is 6. The van der Waals surface area contributed by atoms with Gasteiger partial charge in [-0.1, -0.05) is 56.1 Å². The van der Waals surface area contributed by atoms with E-state index >= 15 is 0 Å². The molecule has 6 saturated heterocycles. The van der Waals surface area contributed by atoms with E-state index in [9.17, 15) is 35.5 Å². The summed E-state index contributed by atoms with van der Waals surface area (Å²) >= 11 is 14.6. The van der Waals surface area contributed by atoms with Gasteiger partial charge in [-0.25, -0.2) is 16.8 Å². The van der Waals surface area contributed by atoms with Crippen molar-refractivity contribution in [2.75, 3.05) is 187 Å². The van der Waals surface area contributed by atoms with Gasteiger partial charge in [0.2, 0.25) is 17.5 Å². The number of amides is 2. The Balaban J connectivity index is 0.810. The summed E-state index contributed by atoms with van der Waals surface area (Å²) in [5.74, 6) is -0.371. The number of anilines is 1. The first-order valence-electron chi connectivity index (χ1n) is 34.0. The van der Waals surface area contributed by atoms with Crippen LogP contribution in [0.4, 0.5) is 11.4 Å². The third-order valence-corrected chi connectivity index (χ3v) is 34.5. The number of nitrogens with one attached hydrogen (secondary N) is 2. The molecule has 10 rings (SSSR count). The van der Waals surface area contributed by atoms with Crippen molar-refractivity contribution in [1.82, 2.24) is 20.4 Å². The summed E-state index contributed by atoms with van der Waals surface area (Å²) in [6.07, 6.45) is 22.7. The van der Waals surface area contributed by atoms with Crippen molar-refractivity contribution in [3.8, 4) is 0 Å². The molecule has 6 fully saturated rings. The molecule has 0 aliphatic carbocycles. The highest BCUT2D eigenvalue weighted by Crippen LogP contribution is 2.54. The van der Waals surface area contributed by atoms with E-state index in [1.807, 2.05) is 30.4 Å². The van der Waals surface area contributed by atoms with Crippen LogP contribution in [0.25, 0.3) is 0 Å². The smallest absolute Gasteiger partial charge is 0.222 e. The molecular weight excluding hydrogens is 1900 g/mol. The molecule has 0 bridgehead atoms. The summed E-state index contributed by atoms with van der Waals surface area (Å²) < 4.78 is 86.0. The summed E-state index contributed by atoms with van der Waals surface area (Å²) in [6, 6.07) is 4.39. The lowest BCUT2D eigenvalue weighted by Crippen LogP contribution is -2.73. The van der Waals surface area contributed by atoms with Gasteiger partial charge in [0.15, 0.2) is 5.71 Å². The normalized spacial score (nSPS) is 24.9. The molecule has 514 valence electrons. The Morgan fingerprint density at radius 3 is 1.45 bits per heavy atom. The maximum Gasteiger partial charge on any atom is 0.222 e. The standard InChI is InChI=1S/C67H97I6N10O8S2/c1-66(20-12-6-10-18-58(84)76-28-36-82(37-29-76)44-40-80(41-45-82)32-22-74-23-33-80)56(78(26-14-48-92(86,87)88)54-50-52(68)62(70)64(72)60(54)66)16-8-4-3-5-9-17-57-67(2,61-55(51-53(69)63(71)65(61)73)79(57)27-15-49-93(89,90)91)21-13-7-11-19-59(85)77-30-38-83(39-31-77)46-42-81(43-47-83)34-24-75-25-35-81/h3-5,8-9,16-17,50-51,74-75H,6-7,10-15,18-49H2,1-2H3/q+3. The third kappa shape index (κ3) is 18.2. The molecule has 8 heterocycles. The van der Waals surface area contributed by atoms with Gasteiger partial charge in [0, 0.05) is 119 Å². The number of hydrogen-bond acceptors (Lipinski definition) is 11. The topological polar surface area (TPSA) is 185 Å². The maximum atomic E-state index is 13.7. The molecule has 0 radical (unpaired) electrons. The molecule has 26 heteroatoms. The summed E-state index contributed by atoms with van der Waals surface area (Å²) in [5.41, 5.74) is 5.65. The number of carbonyl (C=O) groups excluding carboxylic acids is 2. The van der Waals surface area contributed by atoms with Crippen LogP contribution in [0.3, 0.4) is 0 Å². The fraction of sp³-hybridized carbons (Fsp3) is 0.657. The second kappa shape index (κ2) is 32.4. The molecule has 2 aromatic rings. The first kappa shape index (κ1) is 75.4. The number of fused-ring (bicyclic) bond motifs is 2. The van der Waals surface area contributed by atoms with Gasteiger partial charge in [-0.05, 0) is 194 Å². The largest absolute Gasteiger partial charge is 0.748 e. The summed E-state index contributed by atoms with van der Waals surface area (Å²) in [7, 11) is -8.86. The zero-order chi connectivity index (χ0) is 66.5. The highest BCUT2D eigenvalue weighted by Gasteiger charge is 2.51. The minimum atomic E-state index is -4.43. The molecule has 2 amide bonds. The first-order chi connectivity index (χ1) is 44.2. The van der Waals surface area contributed by atoms with Crippen LogP contribution in [-0.2, 0) is 40.7 Å². The number of hydrogen-bond donors (Lipinski definition) is 2. The number of rotatable bonds is 24. The van der Waals surface area contributed by atoms with Gasteiger partial charge in [-0.2, -0.15) is 4.58 Å². The Kier molecular flexibility index (Phi) is 26.3.